The SMILES string of the molecule is Cc1c(Br)c2cc(F)ccc2n1CCCS(C)(=O)=O. The summed E-state index contributed by atoms with van der Waals surface area (Å²) in [6.07, 6.45) is 1.78. The Labute approximate surface area is 120 Å². The summed E-state index contributed by atoms with van der Waals surface area (Å²) in [5, 5.41) is 0.817. The van der Waals surface area contributed by atoms with Gasteiger partial charge in [-0.2, -0.15) is 0 Å². The van der Waals surface area contributed by atoms with Gasteiger partial charge >= 0.3 is 0 Å². The molecule has 1 heterocycles. The maximum atomic E-state index is 13.3. The van der Waals surface area contributed by atoms with Gasteiger partial charge in [0.2, 0.25) is 0 Å². The predicted molar refractivity (Wildman–Crippen MR) is 78.7 cm³/mol. The van der Waals surface area contributed by atoms with Crippen LogP contribution in [0.1, 0.15) is 12.1 Å². The summed E-state index contributed by atoms with van der Waals surface area (Å²) in [4.78, 5) is 0. The van der Waals surface area contributed by atoms with Crippen LogP contribution in [0.15, 0.2) is 22.7 Å². The van der Waals surface area contributed by atoms with E-state index < -0.39 is 9.84 Å². The fourth-order valence-corrected chi connectivity index (χ4v) is 3.37. The van der Waals surface area contributed by atoms with Crippen LogP contribution >= 0.6 is 15.9 Å². The molecule has 0 amide bonds. The number of hydrogen-bond acceptors (Lipinski definition) is 2. The second kappa shape index (κ2) is 5.25. The van der Waals surface area contributed by atoms with E-state index in [4.69, 9.17) is 0 Å². The van der Waals surface area contributed by atoms with E-state index in [0.717, 1.165) is 21.1 Å². The molecule has 2 rings (SSSR count). The Bertz CT molecular complexity index is 722. The van der Waals surface area contributed by atoms with Crippen molar-refractivity contribution >= 4 is 36.7 Å². The number of benzene rings is 1. The summed E-state index contributed by atoms with van der Waals surface area (Å²) in [6, 6.07) is 4.63. The molecule has 0 N–H and O–H groups in total. The van der Waals surface area contributed by atoms with E-state index in [1.165, 1.54) is 18.4 Å². The molecule has 0 fully saturated rings. The highest BCUT2D eigenvalue weighted by molar-refractivity contribution is 9.10. The zero-order valence-corrected chi connectivity index (χ0v) is 13.2. The van der Waals surface area contributed by atoms with Gasteiger partial charge in [0.05, 0.1) is 5.75 Å². The molecule has 0 bridgehead atoms. The smallest absolute Gasteiger partial charge is 0.147 e. The van der Waals surface area contributed by atoms with Crippen molar-refractivity contribution < 1.29 is 12.8 Å². The number of aromatic nitrogens is 1. The highest BCUT2D eigenvalue weighted by Crippen LogP contribution is 2.31. The Kier molecular flexibility index (Phi) is 4.01. The summed E-state index contributed by atoms with van der Waals surface area (Å²) in [5.41, 5.74) is 1.90. The summed E-state index contributed by atoms with van der Waals surface area (Å²) in [5.74, 6) is -0.119. The van der Waals surface area contributed by atoms with Crippen LogP contribution in [0.4, 0.5) is 4.39 Å². The van der Waals surface area contributed by atoms with Crippen LogP contribution in [0, 0.1) is 12.7 Å². The van der Waals surface area contributed by atoms with E-state index in [1.807, 2.05) is 11.5 Å². The highest BCUT2D eigenvalue weighted by atomic mass is 79.9. The Hall–Kier alpha value is -0.880. The molecule has 2 aromatic rings. The van der Waals surface area contributed by atoms with E-state index in [1.54, 1.807) is 6.07 Å². The largest absolute Gasteiger partial charge is 0.344 e. The molecule has 0 aliphatic rings. The Morgan fingerprint density at radius 2 is 2.05 bits per heavy atom. The van der Waals surface area contributed by atoms with Crippen molar-refractivity contribution in [3.8, 4) is 0 Å². The van der Waals surface area contributed by atoms with Crippen molar-refractivity contribution in [2.24, 2.45) is 0 Å². The first-order chi connectivity index (χ1) is 8.79. The van der Waals surface area contributed by atoms with Crippen LogP contribution in [0.25, 0.3) is 10.9 Å². The molecule has 0 aliphatic carbocycles. The third kappa shape index (κ3) is 3.17. The first-order valence-corrected chi connectivity index (χ1v) is 8.76. The van der Waals surface area contributed by atoms with Crippen molar-refractivity contribution in [2.45, 2.75) is 19.9 Å². The van der Waals surface area contributed by atoms with Gasteiger partial charge in [-0.05, 0) is 47.5 Å². The third-order valence-corrected chi connectivity index (χ3v) is 5.14. The van der Waals surface area contributed by atoms with Gasteiger partial charge in [0.25, 0.3) is 0 Å². The molecule has 0 unspecified atom stereocenters. The number of aryl methyl sites for hydroxylation is 1. The molecular formula is C13H15BrFNO2S. The summed E-state index contributed by atoms with van der Waals surface area (Å²) in [7, 11) is -2.95. The molecule has 1 aromatic heterocycles. The van der Waals surface area contributed by atoms with Crippen molar-refractivity contribution in [3.05, 3.63) is 34.2 Å². The summed E-state index contributed by atoms with van der Waals surface area (Å²) >= 11 is 3.46. The van der Waals surface area contributed by atoms with Crippen molar-refractivity contribution in [1.29, 1.82) is 0 Å². The molecule has 0 atom stereocenters. The van der Waals surface area contributed by atoms with Gasteiger partial charge in [-0.25, -0.2) is 12.8 Å². The Morgan fingerprint density at radius 1 is 1.37 bits per heavy atom. The first kappa shape index (κ1) is 14.5. The maximum absolute atomic E-state index is 13.3. The van der Waals surface area contributed by atoms with E-state index in [-0.39, 0.29) is 11.6 Å². The lowest BCUT2D eigenvalue weighted by atomic mass is 10.2. The number of fused-ring (bicyclic) bond motifs is 1. The molecule has 0 aliphatic heterocycles. The van der Waals surface area contributed by atoms with Crippen LogP contribution in [0.2, 0.25) is 0 Å². The molecule has 3 nitrogen and oxygen atoms in total. The van der Waals surface area contributed by atoms with Gasteiger partial charge < -0.3 is 4.57 Å². The minimum atomic E-state index is -2.95. The van der Waals surface area contributed by atoms with Crippen LogP contribution in [-0.2, 0) is 16.4 Å². The molecular weight excluding hydrogens is 333 g/mol. The fourth-order valence-electron chi connectivity index (χ4n) is 2.19. The zero-order valence-electron chi connectivity index (χ0n) is 10.8. The van der Waals surface area contributed by atoms with Crippen LogP contribution in [0.5, 0.6) is 0 Å². The number of rotatable bonds is 4. The summed E-state index contributed by atoms with van der Waals surface area (Å²) < 4.78 is 38.4. The lowest BCUT2D eigenvalue weighted by molar-refractivity contribution is 0.592. The Balaban J connectivity index is 2.35. The topological polar surface area (TPSA) is 39.1 Å². The minimum absolute atomic E-state index is 0.158. The lowest BCUT2D eigenvalue weighted by Crippen LogP contribution is -2.08. The van der Waals surface area contributed by atoms with E-state index in [0.29, 0.717) is 13.0 Å². The molecule has 0 radical (unpaired) electrons. The fraction of sp³-hybridized carbons (Fsp3) is 0.385. The van der Waals surface area contributed by atoms with Crippen molar-refractivity contribution in [2.75, 3.05) is 12.0 Å². The van der Waals surface area contributed by atoms with Crippen molar-refractivity contribution in [3.63, 3.8) is 0 Å². The minimum Gasteiger partial charge on any atom is -0.344 e. The average molecular weight is 348 g/mol. The lowest BCUT2D eigenvalue weighted by Gasteiger charge is -2.07. The number of sulfone groups is 1. The zero-order chi connectivity index (χ0) is 14.2. The normalized spacial score (nSPS) is 12.2. The molecule has 0 spiro atoms. The summed E-state index contributed by atoms with van der Waals surface area (Å²) in [6.45, 7) is 2.54. The standard InChI is InChI=1S/C13H15BrFNO2S/c1-9-13(14)11-8-10(15)4-5-12(11)16(9)6-3-7-19(2,17)18/h4-5,8H,3,6-7H2,1-2H3. The number of nitrogens with zero attached hydrogens (tertiary/aromatic N) is 1. The molecule has 19 heavy (non-hydrogen) atoms. The van der Waals surface area contributed by atoms with E-state index in [2.05, 4.69) is 15.9 Å². The second-order valence-electron chi connectivity index (χ2n) is 4.70. The number of hydrogen-bond donors (Lipinski definition) is 0. The van der Waals surface area contributed by atoms with E-state index in [9.17, 15) is 12.8 Å². The second-order valence-corrected chi connectivity index (χ2v) is 7.75. The van der Waals surface area contributed by atoms with E-state index >= 15 is 0 Å². The quantitative estimate of drug-likeness (QED) is 0.851. The predicted octanol–water partition coefficient (Wildman–Crippen LogP) is 3.29. The Morgan fingerprint density at radius 3 is 2.68 bits per heavy atom. The van der Waals surface area contributed by atoms with Gasteiger partial charge in [0, 0.05) is 33.9 Å². The van der Waals surface area contributed by atoms with Gasteiger partial charge in [-0.1, -0.05) is 0 Å². The average Bonchev–Trinajstić information content (AvgIpc) is 2.53. The molecule has 0 saturated carbocycles. The molecule has 104 valence electrons. The van der Waals surface area contributed by atoms with Gasteiger partial charge in [0.15, 0.2) is 0 Å². The molecule has 6 heteroatoms. The van der Waals surface area contributed by atoms with Crippen LogP contribution in [-0.4, -0.2) is 25.0 Å². The van der Waals surface area contributed by atoms with Crippen LogP contribution in [0.3, 0.4) is 0 Å². The third-order valence-electron chi connectivity index (χ3n) is 3.11. The van der Waals surface area contributed by atoms with Crippen LogP contribution < -0.4 is 0 Å². The molecule has 1 aromatic carbocycles. The highest BCUT2D eigenvalue weighted by Gasteiger charge is 2.13. The van der Waals surface area contributed by atoms with Gasteiger partial charge in [-0.15, -0.1) is 0 Å². The van der Waals surface area contributed by atoms with Crippen molar-refractivity contribution in [1.82, 2.24) is 4.57 Å². The van der Waals surface area contributed by atoms with Gasteiger partial charge in [0.1, 0.15) is 15.7 Å². The molecule has 0 saturated heterocycles. The maximum Gasteiger partial charge on any atom is 0.147 e. The first-order valence-electron chi connectivity index (χ1n) is 5.91. The number of halogens is 2. The monoisotopic (exact) mass is 347 g/mol. The van der Waals surface area contributed by atoms with Gasteiger partial charge in [-0.3, -0.25) is 0 Å².